The molecule has 34 heavy (non-hydrogen) atoms. The van der Waals surface area contributed by atoms with E-state index in [1.54, 1.807) is 41.3 Å². The van der Waals surface area contributed by atoms with E-state index in [2.05, 4.69) is 10.3 Å². The maximum atomic E-state index is 13.9. The summed E-state index contributed by atoms with van der Waals surface area (Å²) in [5.74, 6) is -0.691. The number of hydrogen-bond acceptors (Lipinski definition) is 4. The summed E-state index contributed by atoms with van der Waals surface area (Å²) in [5.41, 5.74) is 2.67. The molecule has 2 amide bonds. The highest BCUT2D eigenvalue weighted by molar-refractivity contribution is 5.99. The number of amides is 2. The third kappa shape index (κ3) is 4.48. The summed E-state index contributed by atoms with van der Waals surface area (Å²) in [6.07, 6.45) is 2.86. The fourth-order valence-corrected chi connectivity index (χ4v) is 4.85. The van der Waals surface area contributed by atoms with Crippen molar-refractivity contribution in [1.29, 1.82) is 0 Å². The first-order valence-electron chi connectivity index (χ1n) is 11.2. The summed E-state index contributed by atoms with van der Waals surface area (Å²) in [5, 5.41) is 2.73. The average molecular weight is 463 g/mol. The van der Waals surface area contributed by atoms with E-state index in [4.69, 9.17) is 4.74 Å². The Hall–Kier alpha value is -3.81. The average Bonchev–Trinajstić information content (AvgIpc) is 2.85. The summed E-state index contributed by atoms with van der Waals surface area (Å²) >= 11 is 0. The number of likely N-dealkylation sites (tertiary alicyclic amines) is 1. The second-order valence-electron chi connectivity index (χ2n) is 8.62. The van der Waals surface area contributed by atoms with Gasteiger partial charge in [-0.1, -0.05) is 12.1 Å². The molecule has 1 unspecified atom stereocenters. The van der Waals surface area contributed by atoms with Crippen LogP contribution in [-0.4, -0.2) is 41.4 Å². The van der Waals surface area contributed by atoms with Crippen molar-refractivity contribution in [1.82, 2.24) is 9.88 Å². The highest BCUT2D eigenvalue weighted by atomic mass is 19.1. The third-order valence-corrected chi connectivity index (χ3v) is 6.50. The van der Waals surface area contributed by atoms with Gasteiger partial charge in [-0.25, -0.2) is 9.37 Å². The van der Waals surface area contributed by atoms with Crippen molar-refractivity contribution < 1.29 is 23.1 Å². The summed E-state index contributed by atoms with van der Waals surface area (Å²) in [6, 6.07) is 14.5. The first-order chi connectivity index (χ1) is 16.5. The van der Waals surface area contributed by atoms with Crippen molar-refractivity contribution in [3.63, 3.8) is 0 Å². The Bertz CT molecular complexity index is 1220. The van der Waals surface area contributed by atoms with E-state index in [0.29, 0.717) is 42.9 Å². The zero-order chi connectivity index (χ0) is 23.7. The van der Waals surface area contributed by atoms with E-state index in [-0.39, 0.29) is 36.1 Å². The van der Waals surface area contributed by atoms with Gasteiger partial charge in [0.15, 0.2) is 6.61 Å². The Labute approximate surface area is 195 Å². The van der Waals surface area contributed by atoms with Crippen molar-refractivity contribution in [3.05, 3.63) is 89.2 Å². The molecule has 174 valence electrons. The molecule has 1 saturated heterocycles. The van der Waals surface area contributed by atoms with Gasteiger partial charge < -0.3 is 15.0 Å². The molecule has 0 spiro atoms. The van der Waals surface area contributed by atoms with Crippen LogP contribution in [0.4, 0.5) is 14.5 Å². The predicted molar refractivity (Wildman–Crippen MR) is 122 cm³/mol. The number of nitrogens with one attached hydrogen (secondary N) is 1. The van der Waals surface area contributed by atoms with Crippen LogP contribution in [0.15, 0.2) is 60.8 Å². The number of fused-ring (bicyclic) bond motifs is 1. The summed E-state index contributed by atoms with van der Waals surface area (Å²) in [7, 11) is 0. The summed E-state index contributed by atoms with van der Waals surface area (Å²) in [4.78, 5) is 30.2. The number of hydrogen-bond donors (Lipinski definition) is 1. The minimum absolute atomic E-state index is 0.0373. The predicted octanol–water partition coefficient (Wildman–Crippen LogP) is 4.38. The molecular formula is C26H23F2N3O3. The number of piperidine rings is 1. The quantitative estimate of drug-likeness (QED) is 0.583. The van der Waals surface area contributed by atoms with E-state index in [1.165, 1.54) is 24.4 Å². The van der Waals surface area contributed by atoms with E-state index >= 15 is 0 Å². The molecule has 2 aliphatic rings. The molecule has 0 saturated carbocycles. The van der Waals surface area contributed by atoms with Crippen LogP contribution in [0.2, 0.25) is 0 Å². The fourth-order valence-electron chi connectivity index (χ4n) is 4.85. The Balaban J connectivity index is 1.33. The van der Waals surface area contributed by atoms with Gasteiger partial charge in [0.1, 0.15) is 11.6 Å². The SMILES string of the molecule is O=C1COc2ccc(C(=O)N3CCC(C(c4ccc(F)cc4)c4ccnc(F)c4)CC3)cc2N1. The van der Waals surface area contributed by atoms with Gasteiger partial charge in [0.2, 0.25) is 5.95 Å². The lowest BCUT2D eigenvalue weighted by atomic mass is 9.76. The first-order valence-corrected chi connectivity index (χ1v) is 11.2. The van der Waals surface area contributed by atoms with Crippen molar-refractivity contribution in [2.75, 3.05) is 25.0 Å². The largest absolute Gasteiger partial charge is 0.482 e. The molecule has 3 aromatic rings. The second-order valence-corrected chi connectivity index (χ2v) is 8.62. The summed E-state index contributed by atoms with van der Waals surface area (Å²) < 4.78 is 32.8. The van der Waals surface area contributed by atoms with E-state index in [9.17, 15) is 18.4 Å². The van der Waals surface area contributed by atoms with Gasteiger partial charge in [0.25, 0.3) is 11.8 Å². The van der Waals surface area contributed by atoms with Crippen molar-refractivity contribution in [2.24, 2.45) is 5.92 Å². The minimum Gasteiger partial charge on any atom is -0.482 e. The lowest BCUT2D eigenvalue weighted by Crippen LogP contribution is -2.40. The molecule has 2 aliphatic heterocycles. The maximum Gasteiger partial charge on any atom is 0.262 e. The minimum atomic E-state index is -0.555. The van der Waals surface area contributed by atoms with Crippen molar-refractivity contribution in [3.8, 4) is 5.75 Å². The zero-order valence-corrected chi connectivity index (χ0v) is 18.3. The highest BCUT2D eigenvalue weighted by Gasteiger charge is 2.31. The molecule has 0 radical (unpaired) electrons. The smallest absolute Gasteiger partial charge is 0.262 e. The number of halogens is 2. The Kier molecular flexibility index (Phi) is 5.96. The van der Waals surface area contributed by atoms with Crippen molar-refractivity contribution in [2.45, 2.75) is 18.8 Å². The summed E-state index contributed by atoms with van der Waals surface area (Å²) in [6.45, 7) is 1.04. The van der Waals surface area contributed by atoms with Crippen molar-refractivity contribution >= 4 is 17.5 Å². The first kappa shape index (κ1) is 22.0. The number of benzene rings is 2. The number of carbonyl (C=O) groups excluding carboxylic acids is 2. The Morgan fingerprint density at radius 1 is 1.03 bits per heavy atom. The van der Waals surface area contributed by atoms with Crippen LogP contribution in [-0.2, 0) is 4.79 Å². The molecule has 2 aromatic carbocycles. The van der Waals surface area contributed by atoms with E-state index in [1.807, 2.05) is 0 Å². The molecule has 6 nitrogen and oxygen atoms in total. The number of rotatable bonds is 4. The Morgan fingerprint density at radius 2 is 1.79 bits per heavy atom. The van der Waals surface area contributed by atoms with Gasteiger partial charge in [0.05, 0.1) is 5.69 Å². The van der Waals surface area contributed by atoms with Crippen LogP contribution in [0.5, 0.6) is 5.75 Å². The van der Waals surface area contributed by atoms with Gasteiger partial charge >= 0.3 is 0 Å². The number of carbonyl (C=O) groups is 2. The lowest BCUT2D eigenvalue weighted by Gasteiger charge is -2.36. The van der Waals surface area contributed by atoms with Crippen LogP contribution in [0.3, 0.4) is 0 Å². The van der Waals surface area contributed by atoms with E-state index in [0.717, 1.165) is 11.1 Å². The van der Waals surface area contributed by atoms with Gasteiger partial charge in [-0.15, -0.1) is 0 Å². The zero-order valence-electron chi connectivity index (χ0n) is 18.3. The standard InChI is InChI=1S/C26H23F2N3O3/c27-20-4-1-16(2-5-20)25(18-7-10-29-23(28)14-18)17-8-11-31(12-9-17)26(33)19-3-6-22-21(13-19)30-24(32)15-34-22/h1-7,10,13-14,17,25H,8-9,11-12,15H2,(H,30,32). The molecule has 8 heteroatoms. The molecule has 1 atom stereocenters. The molecule has 1 aromatic heterocycles. The van der Waals surface area contributed by atoms with Crippen LogP contribution < -0.4 is 10.1 Å². The molecule has 5 rings (SSSR count). The monoisotopic (exact) mass is 463 g/mol. The van der Waals surface area contributed by atoms with Crippen LogP contribution in [0.1, 0.15) is 40.2 Å². The van der Waals surface area contributed by atoms with E-state index < -0.39 is 5.95 Å². The number of ether oxygens (including phenoxy) is 1. The van der Waals surface area contributed by atoms with Gasteiger partial charge in [-0.05, 0) is 72.4 Å². The molecular weight excluding hydrogens is 440 g/mol. The highest BCUT2D eigenvalue weighted by Crippen LogP contribution is 2.38. The van der Waals surface area contributed by atoms with Gasteiger partial charge in [0, 0.05) is 30.8 Å². The molecule has 0 aliphatic carbocycles. The Morgan fingerprint density at radius 3 is 2.53 bits per heavy atom. The third-order valence-electron chi connectivity index (χ3n) is 6.50. The maximum absolute atomic E-state index is 13.9. The number of pyridine rings is 1. The molecule has 1 N–H and O–H groups in total. The molecule has 0 bridgehead atoms. The molecule has 1 fully saturated rings. The normalized spacial score (nSPS) is 16.9. The van der Waals surface area contributed by atoms with Crippen LogP contribution in [0, 0.1) is 17.7 Å². The van der Waals surface area contributed by atoms with Crippen LogP contribution >= 0.6 is 0 Å². The lowest BCUT2D eigenvalue weighted by molar-refractivity contribution is -0.118. The fraction of sp³-hybridized carbons (Fsp3) is 0.269. The number of nitrogens with zero attached hydrogens (tertiary/aromatic N) is 2. The number of anilines is 1. The topological polar surface area (TPSA) is 71.5 Å². The van der Waals surface area contributed by atoms with Gasteiger partial charge in [-0.3, -0.25) is 9.59 Å². The van der Waals surface area contributed by atoms with Gasteiger partial charge in [-0.2, -0.15) is 4.39 Å². The molecule has 3 heterocycles. The van der Waals surface area contributed by atoms with Crippen LogP contribution in [0.25, 0.3) is 0 Å². The number of aromatic nitrogens is 1. The second kappa shape index (κ2) is 9.21.